The number of nitrogen functional groups attached to an aromatic ring is 1. The van der Waals surface area contributed by atoms with Gasteiger partial charge in [0.2, 0.25) is 0 Å². The fourth-order valence-electron chi connectivity index (χ4n) is 2.31. The average Bonchev–Trinajstić information content (AvgIpc) is 2.47. The molecule has 0 saturated carbocycles. The predicted molar refractivity (Wildman–Crippen MR) is 86.0 cm³/mol. The van der Waals surface area contributed by atoms with Crippen molar-refractivity contribution in [1.29, 1.82) is 0 Å². The Morgan fingerprint density at radius 1 is 1.41 bits per heavy atom. The average molecular weight is 303 g/mol. The molecule has 5 nitrogen and oxygen atoms in total. The highest BCUT2D eigenvalue weighted by Crippen LogP contribution is 2.30. The van der Waals surface area contributed by atoms with Gasteiger partial charge in [-0.05, 0) is 25.5 Å². The van der Waals surface area contributed by atoms with E-state index in [1.54, 1.807) is 19.1 Å². The molecular formula is C17H21NO4. The van der Waals surface area contributed by atoms with Gasteiger partial charge in [0.25, 0.3) is 0 Å². The molecule has 0 aliphatic heterocycles. The third-order valence-corrected chi connectivity index (χ3v) is 3.75. The van der Waals surface area contributed by atoms with E-state index in [-0.39, 0.29) is 11.9 Å². The van der Waals surface area contributed by atoms with E-state index < -0.39 is 5.63 Å². The molecule has 2 aromatic rings. The lowest BCUT2D eigenvalue weighted by molar-refractivity contribution is -0.138. The van der Waals surface area contributed by atoms with Crippen LogP contribution in [0.2, 0.25) is 0 Å². The van der Waals surface area contributed by atoms with Crippen LogP contribution in [0.25, 0.3) is 11.0 Å². The zero-order valence-electron chi connectivity index (χ0n) is 13.1. The van der Waals surface area contributed by atoms with Crippen molar-refractivity contribution in [2.75, 3.05) is 5.73 Å². The van der Waals surface area contributed by atoms with Crippen LogP contribution in [0.1, 0.15) is 38.7 Å². The van der Waals surface area contributed by atoms with Crippen molar-refractivity contribution in [2.45, 2.75) is 40.0 Å². The molecule has 2 rings (SSSR count). The topological polar surface area (TPSA) is 82.5 Å². The first-order valence-electron chi connectivity index (χ1n) is 7.48. The minimum absolute atomic E-state index is 0.164. The minimum atomic E-state index is -0.520. The van der Waals surface area contributed by atoms with Crippen LogP contribution in [0.3, 0.4) is 0 Å². The molecule has 0 spiro atoms. The number of unbranched alkanes of at least 4 members (excludes halogenated alkanes) is 1. The van der Waals surface area contributed by atoms with E-state index >= 15 is 0 Å². The summed E-state index contributed by atoms with van der Waals surface area (Å²) in [4.78, 5) is 23.6. The lowest BCUT2D eigenvalue weighted by Crippen LogP contribution is -2.18. The SMILES string of the molecule is CCCCC(C)C(=O)Oc1ccc2c(N)cc(=O)oc2c1C. The predicted octanol–water partition coefficient (Wildman–Crippen LogP) is 3.42. The van der Waals surface area contributed by atoms with Gasteiger partial charge in [-0.2, -0.15) is 0 Å². The minimum Gasteiger partial charge on any atom is -0.426 e. The Balaban J connectivity index is 2.31. The standard InChI is InChI=1S/C17H21NO4/c1-4-5-6-10(2)17(20)21-14-8-7-12-13(18)9-15(19)22-16(12)11(14)3/h7-10H,4-6,18H2,1-3H3. The van der Waals surface area contributed by atoms with Gasteiger partial charge in [-0.25, -0.2) is 4.79 Å². The summed E-state index contributed by atoms with van der Waals surface area (Å²) < 4.78 is 10.6. The van der Waals surface area contributed by atoms with E-state index in [0.29, 0.717) is 28.0 Å². The molecule has 1 aromatic carbocycles. The fraction of sp³-hybridized carbons (Fsp3) is 0.412. The molecule has 0 radical (unpaired) electrons. The number of carbonyl (C=O) groups is 1. The Kier molecular flexibility index (Phi) is 4.85. The van der Waals surface area contributed by atoms with Gasteiger partial charge < -0.3 is 14.9 Å². The van der Waals surface area contributed by atoms with Crippen LogP contribution >= 0.6 is 0 Å². The third-order valence-electron chi connectivity index (χ3n) is 3.75. The Bertz CT molecular complexity index is 748. The van der Waals surface area contributed by atoms with Gasteiger partial charge in [0, 0.05) is 22.7 Å². The molecule has 1 heterocycles. The van der Waals surface area contributed by atoms with Gasteiger partial charge in [-0.15, -0.1) is 0 Å². The first-order valence-corrected chi connectivity index (χ1v) is 7.48. The molecule has 0 aliphatic rings. The van der Waals surface area contributed by atoms with E-state index in [0.717, 1.165) is 19.3 Å². The number of hydrogen-bond donors (Lipinski definition) is 1. The molecular weight excluding hydrogens is 282 g/mol. The van der Waals surface area contributed by atoms with Crippen LogP contribution in [0.5, 0.6) is 5.75 Å². The maximum Gasteiger partial charge on any atom is 0.338 e. The van der Waals surface area contributed by atoms with Crippen LogP contribution in [0.15, 0.2) is 27.4 Å². The van der Waals surface area contributed by atoms with Gasteiger partial charge >= 0.3 is 11.6 Å². The molecule has 118 valence electrons. The normalized spacial score (nSPS) is 12.3. The highest BCUT2D eigenvalue weighted by atomic mass is 16.5. The fourth-order valence-corrected chi connectivity index (χ4v) is 2.31. The highest BCUT2D eigenvalue weighted by Gasteiger charge is 2.17. The lowest BCUT2D eigenvalue weighted by Gasteiger charge is -2.13. The number of rotatable bonds is 5. The molecule has 0 bridgehead atoms. The Labute approximate surface area is 129 Å². The summed E-state index contributed by atoms with van der Waals surface area (Å²) in [6.07, 6.45) is 2.82. The van der Waals surface area contributed by atoms with Gasteiger partial charge in [-0.1, -0.05) is 26.7 Å². The molecule has 5 heteroatoms. The second-order valence-electron chi connectivity index (χ2n) is 5.55. The molecule has 0 aliphatic carbocycles. The number of aryl methyl sites for hydroxylation is 1. The summed E-state index contributed by atoms with van der Waals surface area (Å²) in [5.41, 5.74) is 6.60. The maximum absolute atomic E-state index is 12.1. The number of hydrogen-bond acceptors (Lipinski definition) is 5. The summed E-state index contributed by atoms with van der Waals surface area (Å²) >= 11 is 0. The first-order chi connectivity index (χ1) is 10.4. The quantitative estimate of drug-likeness (QED) is 0.520. The van der Waals surface area contributed by atoms with Crippen LogP contribution in [0, 0.1) is 12.8 Å². The number of ether oxygens (including phenoxy) is 1. The van der Waals surface area contributed by atoms with Crippen LogP contribution in [-0.4, -0.2) is 5.97 Å². The van der Waals surface area contributed by atoms with Crippen molar-refractivity contribution in [3.63, 3.8) is 0 Å². The summed E-state index contributed by atoms with van der Waals surface area (Å²) in [6, 6.07) is 4.61. The second kappa shape index (κ2) is 6.64. The molecule has 1 unspecified atom stereocenters. The number of esters is 1. The zero-order valence-corrected chi connectivity index (χ0v) is 13.1. The van der Waals surface area contributed by atoms with Crippen molar-refractivity contribution in [3.05, 3.63) is 34.2 Å². The number of carbonyl (C=O) groups excluding carboxylic acids is 1. The van der Waals surface area contributed by atoms with E-state index in [2.05, 4.69) is 6.92 Å². The van der Waals surface area contributed by atoms with Gasteiger partial charge in [-0.3, -0.25) is 4.79 Å². The number of benzene rings is 1. The second-order valence-corrected chi connectivity index (χ2v) is 5.55. The largest absolute Gasteiger partial charge is 0.426 e. The van der Waals surface area contributed by atoms with Crippen molar-refractivity contribution in [1.82, 2.24) is 0 Å². The summed E-state index contributed by atoms with van der Waals surface area (Å²) in [5, 5.41) is 0.635. The van der Waals surface area contributed by atoms with E-state index in [9.17, 15) is 9.59 Å². The van der Waals surface area contributed by atoms with Gasteiger partial charge in [0.15, 0.2) is 0 Å². The molecule has 1 atom stereocenters. The smallest absolute Gasteiger partial charge is 0.338 e. The van der Waals surface area contributed by atoms with Gasteiger partial charge in [0.05, 0.1) is 5.92 Å². The van der Waals surface area contributed by atoms with Crippen LogP contribution in [-0.2, 0) is 4.79 Å². The van der Waals surface area contributed by atoms with Crippen molar-refractivity contribution < 1.29 is 13.9 Å². The molecule has 22 heavy (non-hydrogen) atoms. The summed E-state index contributed by atoms with van der Waals surface area (Å²) in [7, 11) is 0. The van der Waals surface area contributed by atoms with E-state index in [4.69, 9.17) is 14.9 Å². The van der Waals surface area contributed by atoms with Crippen molar-refractivity contribution >= 4 is 22.6 Å². The van der Waals surface area contributed by atoms with E-state index in [1.807, 2.05) is 6.92 Å². The highest BCUT2D eigenvalue weighted by molar-refractivity contribution is 5.92. The number of anilines is 1. The molecule has 2 N–H and O–H groups in total. The monoisotopic (exact) mass is 303 g/mol. The summed E-state index contributed by atoms with van der Waals surface area (Å²) in [6.45, 7) is 5.68. The van der Waals surface area contributed by atoms with Crippen molar-refractivity contribution in [3.8, 4) is 5.75 Å². The third kappa shape index (κ3) is 3.30. The van der Waals surface area contributed by atoms with Crippen LogP contribution in [0.4, 0.5) is 5.69 Å². The summed E-state index contributed by atoms with van der Waals surface area (Å²) in [5.74, 6) is -0.0420. The molecule has 0 saturated heterocycles. The van der Waals surface area contributed by atoms with Crippen LogP contribution < -0.4 is 16.1 Å². The van der Waals surface area contributed by atoms with Gasteiger partial charge in [0.1, 0.15) is 11.3 Å². The Hall–Kier alpha value is -2.30. The number of nitrogens with two attached hydrogens (primary N) is 1. The molecule has 0 amide bonds. The molecule has 0 fully saturated rings. The lowest BCUT2D eigenvalue weighted by atomic mass is 10.0. The van der Waals surface area contributed by atoms with E-state index in [1.165, 1.54) is 6.07 Å². The Morgan fingerprint density at radius 2 is 2.14 bits per heavy atom. The maximum atomic E-state index is 12.1. The first kappa shape index (κ1) is 16.1. The molecule has 1 aromatic heterocycles. The zero-order chi connectivity index (χ0) is 16.3. The Morgan fingerprint density at radius 3 is 2.82 bits per heavy atom. The van der Waals surface area contributed by atoms with Crippen molar-refractivity contribution in [2.24, 2.45) is 5.92 Å². The number of fused-ring (bicyclic) bond motifs is 1.